The van der Waals surface area contributed by atoms with E-state index in [0.29, 0.717) is 19.5 Å². The van der Waals surface area contributed by atoms with Crippen LogP contribution in [-0.4, -0.2) is 32.8 Å². The zero-order valence-corrected chi connectivity index (χ0v) is 13.6. The molecule has 1 atom stereocenters. The van der Waals surface area contributed by atoms with E-state index < -0.39 is 0 Å². The Morgan fingerprint density at radius 1 is 1.00 bits per heavy atom. The number of benzene rings is 2. The van der Waals surface area contributed by atoms with Gasteiger partial charge >= 0.3 is 6.03 Å². The minimum atomic E-state index is -0.386. The van der Waals surface area contributed by atoms with Gasteiger partial charge in [-0.25, -0.2) is 4.79 Å². The van der Waals surface area contributed by atoms with Crippen LogP contribution in [0.2, 0.25) is 0 Å². The fourth-order valence-corrected chi connectivity index (χ4v) is 3.97. The lowest BCUT2D eigenvalue weighted by Gasteiger charge is -2.26. The van der Waals surface area contributed by atoms with Crippen molar-refractivity contribution in [2.75, 3.05) is 0 Å². The number of aromatic amines is 1. The van der Waals surface area contributed by atoms with Gasteiger partial charge in [-0.3, -0.25) is 9.69 Å². The summed E-state index contributed by atoms with van der Waals surface area (Å²) in [4.78, 5) is 32.2. The summed E-state index contributed by atoms with van der Waals surface area (Å²) in [6.45, 7) is 0.796. The van der Waals surface area contributed by atoms with E-state index in [2.05, 4.69) is 11.1 Å². The molecule has 3 aromatic rings. The highest BCUT2D eigenvalue weighted by molar-refractivity contribution is 6.05. The van der Waals surface area contributed by atoms with E-state index in [1.807, 2.05) is 48.5 Å². The van der Waals surface area contributed by atoms with Crippen LogP contribution in [0, 0.1) is 0 Å². The van der Waals surface area contributed by atoms with Crippen molar-refractivity contribution in [1.82, 2.24) is 14.8 Å². The molecule has 25 heavy (non-hydrogen) atoms. The van der Waals surface area contributed by atoms with Gasteiger partial charge in [0.05, 0.1) is 13.1 Å². The second-order valence-corrected chi connectivity index (χ2v) is 6.67. The largest absolute Gasteiger partial charge is 0.357 e. The Morgan fingerprint density at radius 2 is 1.76 bits per heavy atom. The number of H-pyrrole nitrogens is 1. The Labute approximate surface area is 144 Å². The van der Waals surface area contributed by atoms with Crippen LogP contribution in [0.5, 0.6) is 0 Å². The topological polar surface area (TPSA) is 56.4 Å². The number of imide groups is 1. The van der Waals surface area contributed by atoms with E-state index >= 15 is 0 Å². The van der Waals surface area contributed by atoms with Crippen LogP contribution < -0.4 is 0 Å². The molecular formula is C20H17N3O2. The van der Waals surface area contributed by atoms with Crippen molar-refractivity contribution in [3.8, 4) is 0 Å². The number of nitrogens with one attached hydrogen (secondary N) is 1. The molecule has 5 heteroatoms. The van der Waals surface area contributed by atoms with Gasteiger partial charge in [0, 0.05) is 23.0 Å². The third-order valence-electron chi connectivity index (χ3n) is 5.22. The molecule has 0 spiro atoms. The highest BCUT2D eigenvalue weighted by Gasteiger charge is 2.47. The van der Waals surface area contributed by atoms with Crippen LogP contribution in [0.1, 0.15) is 16.8 Å². The fourth-order valence-electron chi connectivity index (χ4n) is 3.97. The number of urea groups is 1. The lowest BCUT2D eigenvalue weighted by molar-refractivity contribution is -0.128. The molecule has 0 saturated carbocycles. The lowest BCUT2D eigenvalue weighted by Crippen LogP contribution is -2.39. The number of carbonyl (C=O) groups is 2. The van der Waals surface area contributed by atoms with E-state index in [9.17, 15) is 9.59 Å². The molecular weight excluding hydrogens is 314 g/mol. The van der Waals surface area contributed by atoms with Crippen molar-refractivity contribution in [3.05, 3.63) is 71.4 Å². The number of amides is 3. The van der Waals surface area contributed by atoms with Gasteiger partial charge in [0.25, 0.3) is 5.91 Å². The Kier molecular flexibility index (Phi) is 2.98. The number of hydrogen-bond acceptors (Lipinski definition) is 2. The maximum absolute atomic E-state index is 12.9. The Balaban J connectivity index is 1.48. The van der Waals surface area contributed by atoms with E-state index in [1.165, 1.54) is 10.5 Å². The predicted octanol–water partition coefficient (Wildman–Crippen LogP) is 3.06. The second-order valence-electron chi connectivity index (χ2n) is 6.67. The van der Waals surface area contributed by atoms with Gasteiger partial charge in [0.2, 0.25) is 0 Å². The normalized spacial score (nSPS) is 19.4. The summed E-state index contributed by atoms with van der Waals surface area (Å²) in [7, 11) is 0. The first-order valence-electron chi connectivity index (χ1n) is 8.47. The van der Waals surface area contributed by atoms with Gasteiger partial charge in [-0.05, 0) is 17.2 Å². The Hall–Kier alpha value is -3.08. The molecule has 0 unspecified atom stereocenters. The quantitative estimate of drug-likeness (QED) is 0.734. The number of para-hydroxylation sites is 1. The molecule has 124 valence electrons. The summed E-state index contributed by atoms with van der Waals surface area (Å²) in [6.07, 6.45) is 0.579. The summed E-state index contributed by atoms with van der Waals surface area (Å²) in [5.74, 6) is -0.0928. The Bertz CT molecular complexity index is 993. The fraction of sp³-hybridized carbons (Fsp3) is 0.200. The molecule has 5 nitrogen and oxygen atoms in total. The number of hydrogen-bond donors (Lipinski definition) is 1. The van der Waals surface area contributed by atoms with Crippen molar-refractivity contribution in [2.24, 2.45) is 0 Å². The smallest absolute Gasteiger partial charge is 0.328 e. The van der Waals surface area contributed by atoms with Crippen molar-refractivity contribution in [3.63, 3.8) is 0 Å². The van der Waals surface area contributed by atoms with E-state index in [0.717, 1.165) is 22.2 Å². The first kappa shape index (κ1) is 14.3. The van der Waals surface area contributed by atoms with E-state index in [4.69, 9.17) is 0 Å². The third-order valence-corrected chi connectivity index (χ3v) is 5.22. The van der Waals surface area contributed by atoms with Gasteiger partial charge in [0.15, 0.2) is 0 Å². The molecule has 0 bridgehead atoms. The standard InChI is InChI=1S/C20H17N3O2/c24-19-18-10-15-14-8-4-5-9-16(14)21-17(15)12-22(18)20(25)23(19)11-13-6-2-1-3-7-13/h1-9,18,21H,10-12H2/t18-/m1/s1. The van der Waals surface area contributed by atoms with Gasteiger partial charge in [0.1, 0.15) is 6.04 Å². The maximum atomic E-state index is 12.9. The zero-order valence-electron chi connectivity index (χ0n) is 13.6. The average Bonchev–Trinajstić information content (AvgIpc) is 3.12. The van der Waals surface area contributed by atoms with Crippen molar-refractivity contribution in [1.29, 1.82) is 0 Å². The molecule has 1 saturated heterocycles. The number of rotatable bonds is 2. The van der Waals surface area contributed by atoms with Crippen molar-refractivity contribution >= 4 is 22.8 Å². The lowest BCUT2D eigenvalue weighted by atomic mass is 9.97. The number of aromatic nitrogens is 1. The molecule has 1 fully saturated rings. The van der Waals surface area contributed by atoms with Gasteiger partial charge in [-0.15, -0.1) is 0 Å². The number of nitrogens with zero attached hydrogens (tertiary/aromatic N) is 2. The maximum Gasteiger partial charge on any atom is 0.328 e. The van der Waals surface area contributed by atoms with Crippen molar-refractivity contribution in [2.45, 2.75) is 25.6 Å². The summed E-state index contributed by atoms with van der Waals surface area (Å²) in [5, 5.41) is 1.15. The van der Waals surface area contributed by atoms with Crippen LogP contribution in [0.25, 0.3) is 10.9 Å². The third kappa shape index (κ3) is 2.09. The highest BCUT2D eigenvalue weighted by atomic mass is 16.2. The van der Waals surface area contributed by atoms with Gasteiger partial charge < -0.3 is 9.88 Å². The molecule has 3 heterocycles. The van der Waals surface area contributed by atoms with Crippen LogP contribution >= 0.6 is 0 Å². The number of fused-ring (bicyclic) bond motifs is 4. The molecule has 0 aliphatic carbocycles. The molecule has 2 aromatic carbocycles. The molecule has 0 radical (unpaired) electrons. The zero-order chi connectivity index (χ0) is 17.0. The van der Waals surface area contributed by atoms with Crippen LogP contribution in [-0.2, 0) is 24.3 Å². The SMILES string of the molecule is O=C1[C@H]2Cc3c([nH]c4ccccc34)CN2C(=O)N1Cc1ccccc1. The average molecular weight is 331 g/mol. The van der Waals surface area contributed by atoms with Crippen LogP contribution in [0.15, 0.2) is 54.6 Å². The van der Waals surface area contributed by atoms with Crippen molar-refractivity contribution < 1.29 is 9.59 Å². The van der Waals surface area contributed by atoms with Crippen LogP contribution in [0.4, 0.5) is 4.79 Å². The summed E-state index contributed by atoms with van der Waals surface area (Å²) in [6, 6.07) is 17.2. The second kappa shape index (κ2) is 5.21. The van der Waals surface area contributed by atoms with Gasteiger partial charge in [-0.2, -0.15) is 0 Å². The molecule has 2 aliphatic heterocycles. The molecule has 1 N–H and O–H groups in total. The first-order valence-corrected chi connectivity index (χ1v) is 8.47. The summed E-state index contributed by atoms with van der Waals surface area (Å²) in [5.41, 5.74) is 4.24. The Morgan fingerprint density at radius 3 is 2.60 bits per heavy atom. The van der Waals surface area contributed by atoms with Gasteiger partial charge in [-0.1, -0.05) is 48.5 Å². The highest BCUT2D eigenvalue weighted by Crippen LogP contribution is 2.34. The van der Waals surface area contributed by atoms with E-state index in [-0.39, 0.29) is 18.0 Å². The predicted molar refractivity (Wildman–Crippen MR) is 93.7 cm³/mol. The number of carbonyl (C=O) groups excluding carboxylic acids is 2. The summed E-state index contributed by atoms with van der Waals surface area (Å²) < 4.78 is 0. The minimum absolute atomic E-state index is 0.0928. The molecule has 2 aliphatic rings. The monoisotopic (exact) mass is 331 g/mol. The minimum Gasteiger partial charge on any atom is -0.357 e. The molecule has 5 rings (SSSR count). The van der Waals surface area contributed by atoms with E-state index in [1.54, 1.807) is 4.90 Å². The first-order chi connectivity index (χ1) is 12.2. The molecule has 3 amide bonds. The van der Waals surface area contributed by atoms with Crippen LogP contribution in [0.3, 0.4) is 0 Å². The molecule has 1 aromatic heterocycles. The summed E-state index contributed by atoms with van der Waals surface area (Å²) >= 11 is 0.